The first-order valence-electron chi connectivity index (χ1n) is 4.68. The summed E-state index contributed by atoms with van der Waals surface area (Å²) in [6, 6.07) is 8.40. The van der Waals surface area contributed by atoms with Crippen LogP contribution in [0.5, 0.6) is 0 Å². The van der Waals surface area contributed by atoms with Crippen molar-refractivity contribution in [3.63, 3.8) is 0 Å². The van der Waals surface area contributed by atoms with Crippen LogP contribution < -0.4 is 0 Å². The molecule has 0 radical (unpaired) electrons. The van der Waals surface area contributed by atoms with Crippen LogP contribution in [0, 0.1) is 6.92 Å². The molecular weight excluding hydrogens is 215 g/mol. The van der Waals surface area contributed by atoms with E-state index in [1.54, 1.807) is 0 Å². The molecule has 0 aliphatic rings. The summed E-state index contributed by atoms with van der Waals surface area (Å²) >= 11 is 11.6. The summed E-state index contributed by atoms with van der Waals surface area (Å²) < 4.78 is 0. The van der Waals surface area contributed by atoms with Gasteiger partial charge in [-0.3, -0.25) is 0 Å². The van der Waals surface area contributed by atoms with Crippen molar-refractivity contribution in [2.24, 2.45) is 0 Å². The lowest BCUT2D eigenvalue weighted by Gasteiger charge is -2.00. The van der Waals surface area contributed by atoms with Crippen LogP contribution in [-0.2, 0) is 6.42 Å². The van der Waals surface area contributed by atoms with Gasteiger partial charge in [-0.15, -0.1) is 11.6 Å². The quantitative estimate of drug-likeness (QED) is 0.675. The van der Waals surface area contributed by atoms with E-state index < -0.39 is 0 Å². The first kappa shape index (κ1) is 11.6. The molecule has 76 valence electrons. The molecule has 0 unspecified atom stereocenters. The van der Waals surface area contributed by atoms with Gasteiger partial charge < -0.3 is 0 Å². The number of benzene rings is 1. The van der Waals surface area contributed by atoms with Crippen LogP contribution in [0.4, 0.5) is 0 Å². The molecule has 0 spiro atoms. The van der Waals surface area contributed by atoms with Crippen molar-refractivity contribution in [3.05, 3.63) is 46.5 Å². The summed E-state index contributed by atoms with van der Waals surface area (Å²) in [6.45, 7) is 2.08. The minimum absolute atomic E-state index is 0.629. The number of halogens is 2. The van der Waals surface area contributed by atoms with Crippen LogP contribution >= 0.6 is 23.2 Å². The Labute approximate surface area is 95.5 Å². The number of allylic oxidation sites excluding steroid dienone is 2. The van der Waals surface area contributed by atoms with E-state index in [0.717, 1.165) is 17.9 Å². The summed E-state index contributed by atoms with van der Waals surface area (Å²) in [7, 11) is 0. The first-order valence-corrected chi connectivity index (χ1v) is 5.59. The van der Waals surface area contributed by atoms with Crippen LogP contribution in [0.25, 0.3) is 0 Å². The molecule has 0 aliphatic carbocycles. The Morgan fingerprint density at radius 3 is 2.50 bits per heavy atom. The molecule has 1 aromatic rings. The highest BCUT2D eigenvalue weighted by Gasteiger charge is 1.95. The molecule has 2 heteroatoms. The van der Waals surface area contributed by atoms with Crippen LogP contribution in [0.15, 0.2) is 35.4 Å². The Morgan fingerprint density at radius 2 is 1.93 bits per heavy atom. The van der Waals surface area contributed by atoms with Crippen molar-refractivity contribution < 1.29 is 0 Å². The van der Waals surface area contributed by atoms with Crippen LogP contribution in [-0.4, -0.2) is 5.88 Å². The van der Waals surface area contributed by atoms with Crippen LogP contribution in [0.2, 0.25) is 0 Å². The largest absolute Gasteiger partial charge is 0.126 e. The normalized spacial score (nSPS) is 11.8. The Kier molecular flexibility index (Phi) is 5.06. The lowest BCUT2D eigenvalue weighted by molar-refractivity contribution is 1.16. The smallest absolute Gasteiger partial charge is 0.0258 e. The summed E-state index contributed by atoms with van der Waals surface area (Å²) in [5.41, 5.74) is 2.51. The van der Waals surface area contributed by atoms with E-state index >= 15 is 0 Å². The van der Waals surface area contributed by atoms with E-state index in [2.05, 4.69) is 31.2 Å². The molecule has 0 aliphatic heterocycles. The minimum atomic E-state index is 0.629. The highest BCUT2D eigenvalue weighted by Crippen LogP contribution is 2.13. The highest BCUT2D eigenvalue weighted by molar-refractivity contribution is 6.29. The predicted molar refractivity (Wildman–Crippen MR) is 64.2 cm³/mol. The van der Waals surface area contributed by atoms with Gasteiger partial charge in [0.1, 0.15) is 0 Å². The molecule has 0 bridgehead atoms. The van der Waals surface area contributed by atoms with Crippen molar-refractivity contribution in [2.75, 3.05) is 5.88 Å². The second kappa shape index (κ2) is 6.10. The third kappa shape index (κ3) is 4.17. The van der Waals surface area contributed by atoms with E-state index in [9.17, 15) is 0 Å². The lowest BCUT2D eigenvalue weighted by atomic mass is 10.1. The van der Waals surface area contributed by atoms with Gasteiger partial charge in [0.25, 0.3) is 0 Å². The number of hydrogen-bond acceptors (Lipinski definition) is 0. The van der Waals surface area contributed by atoms with Crippen LogP contribution in [0.1, 0.15) is 17.5 Å². The molecule has 0 saturated carbocycles. The van der Waals surface area contributed by atoms with Gasteiger partial charge in [0.05, 0.1) is 0 Å². The zero-order valence-electron chi connectivity index (χ0n) is 8.26. The number of alkyl halides is 1. The molecule has 0 fully saturated rings. The molecule has 0 atom stereocenters. The van der Waals surface area contributed by atoms with E-state index in [1.807, 2.05) is 6.08 Å². The maximum atomic E-state index is 6.04. The van der Waals surface area contributed by atoms with Gasteiger partial charge in [0.2, 0.25) is 0 Å². The fourth-order valence-corrected chi connectivity index (χ4v) is 1.56. The highest BCUT2D eigenvalue weighted by atomic mass is 35.5. The molecule has 0 saturated heterocycles. The van der Waals surface area contributed by atoms with Crippen molar-refractivity contribution in [1.82, 2.24) is 0 Å². The molecule has 0 N–H and O–H groups in total. The van der Waals surface area contributed by atoms with E-state index in [1.165, 1.54) is 11.1 Å². The topological polar surface area (TPSA) is 0 Å². The standard InChI is InChI=1S/C12H14Cl2/c1-10-4-6-11(7-5-10)9-12(14)3-2-8-13/h3-7H,2,8-9H2,1H3/b12-3-. The molecule has 0 heterocycles. The summed E-state index contributed by atoms with van der Waals surface area (Å²) in [4.78, 5) is 0. The molecule has 0 amide bonds. The van der Waals surface area contributed by atoms with E-state index in [0.29, 0.717) is 5.88 Å². The first-order chi connectivity index (χ1) is 6.72. The molecular formula is C12H14Cl2. The Bertz CT molecular complexity index is 299. The van der Waals surface area contributed by atoms with E-state index in [-0.39, 0.29) is 0 Å². The summed E-state index contributed by atoms with van der Waals surface area (Å²) in [5.74, 6) is 0.629. The van der Waals surface area contributed by atoms with Crippen molar-refractivity contribution in [3.8, 4) is 0 Å². The van der Waals surface area contributed by atoms with Gasteiger partial charge in [-0.25, -0.2) is 0 Å². The summed E-state index contributed by atoms with van der Waals surface area (Å²) in [6.07, 6.45) is 3.62. The molecule has 0 nitrogen and oxygen atoms in total. The minimum Gasteiger partial charge on any atom is -0.126 e. The summed E-state index contributed by atoms with van der Waals surface area (Å²) in [5, 5.41) is 0.870. The van der Waals surface area contributed by atoms with E-state index in [4.69, 9.17) is 23.2 Å². The fourth-order valence-electron chi connectivity index (χ4n) is 1.18. The molecule has 1 aromatic carbocycles. The second-order valence-corrected chi connectivity index (χ2v) is 4.15. The maximum absolute atomic E-state index is 6.04. The third-order valence-electron chi connectivity index (χ3n) is 1.97. The average Bonchev–Trinajstić information content (AvgIpc) is 2.18. The number of rotatable bonds is 4. The third-order valence-corrected chi connectivity index (χ3v) is 2.47. The van der Waals surface area contributed by atoms with Crippen molar-refractivity contribution >= 4 is 23.2 Å². The molecule has 14 heavy (non-hydrogen) atoms. The maximum Gasteiger partial charge on any atom is 0.0258 e. The van der Waals surface area contributed by atoms with Gasteiger partial charge >= 0.3 is 0 Å². The number of hydrogen-bond donors (Lipinski definition) is 0. The Hall–Kier alpha value is -0.460. The lowest BCUT2D eigenvalue weighted by Crippen LogP contribution is -1.85. The van der Waals surface area contributed by atoms with Gasteiger partial charge in [-0.05, 0) is 18.9 Å². The molecule has 1 rings (SSSR count). The van der Waals surface area contributed by atoms with Gasteiger partial charge in [-0.2, -0.15) is 0 Å². The Balaban J connectivity index is 2.56. The predicted octanol–water partition coefficient (Wildman–Crippen LogP) is 4.29. The molecule has 0 aromatic heterocycles. The van der Waals surface area contributed by atoms with Crippen molar-refractivity contribution in [2.45, 2.75) is 19.8 Å². The van der Waals surface area contributed by atoms with Crippen molar-refractivity contribution in [1.29, 1.82) is 0 Å². The fraction of sp³-hybridized carbons (Fsp3) is 0.333. The zero-order chi connectivity index (χ0) is 10.4. The van der Waals surface area contributed by atoms with Gasteiger partial charge in [-0.1, -0.05) is 47.5 Å². The Morgan fingerprint density at radius 1 is 1.29 bits per heavy atom. The average molecular weight is 229 g/mol. The van der Waals surface area contributed by atoms with Gasteiger partial charge in [0.15, 0.2) is 0 Å². The second-order valence-electron chi connectivity index (χ2n) is 3.29. The zero-order valence-corrected chi connectivity index (χ0v) is 9.78. The van der Waals surface area contributed by atoms with Crippen LogP contribution in [0.3, 0.4) is 0 Å². The SMILES string of the molecule is Cc1ccc(C/C(Cl)=C/CCCl)cc1. The number of aryl methyl sites for hydroxylation is 1. The van der Waals surface area contributed by atoms with Gasteiger partial charge in [0, 0.05) is 17.3 Å². The monoisotopic (exact) mass is 228 g/mol.